The highest BCUT2D eigenvalue weighted by Gasteiger charge is 2.26. The highest BCUT2D eigenvalue weighted by Crippen LogP contribution is 2.16. The van der Waals surface area contributed by atoms with Crippen LogP contribution in [0.5, 0.6) is 0 Å². The van der Waals surface area contributed by atoms with Gasteiger partial charge in [-0.15, -0.1) is 0 Å². The summed E-state index contributed by atoms with van der Waals surface area (Å²) in [4.78, 5) is 10.7. The number of rotatable bonds is 6. The highest BCUT2D eigenvalue weighted by molar-refractivity contribution is 7.98. The van der Waals surface area contributed by atoms with Crippen molar-refractivity contribution in [1.29, 1.82) is 0 Å². The van der Waals surface area contributed by atoms with Crippen molar-refractivity contribution in [3.8, 4) is 0 Å². The van der Waals surface area contributed by atoms with Crippen LogP contribution < -0.4 is 5.73 Å². The van der Waals surface area contributed by atoms with Gasteiger partial charge in [0.05, 0.1) is 12.0 Å². The molecule has 1 aromatic rings. The Morgan fingerprint density at radius 1 is 1.73 bits per heavy atom. The first-order valence-electron chi connectivity index (χ1n) is 4.65. The van der Waals surface area contributed by atoms with Crippen LogP contribution in [0.15, 0.2) is 22.8 Å². The van der Waals surface area contributed by atoms with Crippen LogP contribution in [0, 0.1) is 0 Å². The second-order valence-electron chi connectivity index (χ2n) is 3.60. The van der Waals surface area contributed by atoms with Crippen molar-refractivity contribution in [2.24, 2.45) is 5.73 Å². The fourth-order valence-corrected chi connectivity index (χ4v) is 2.04. The lowest BCUT2D eigenvalue weighted by atomic mass is 10.0. The zero-order valence-corrected chi connectivity index (χ0v) is 9.42. The van der Waals surface area contributed by atoms with E-state index in [0.29, 0.717) is 12.2 Å². The molecule has 4 nitrogen and oxygen atoms in total. The van der Waals surface area contributed by atoms with Crippen LogP contribution >= 0.6 is 11.8 Å². The van der Waals surface area contributed by atoms with E-state index in [-0.39, 0.29) is 0 Å². The number of furan rings is 1. The molecule has 0 aliphatic carbocycles. The van der Waals surface area contributed by atoms with Gasteiger partial charge in [-0.2, -0.15) is 11.8 Å². The molecular weight excluding hydrogens is 214 g/mol. The number of carbonyl (C=O) groups is 1. The van der Waals surface area contributed by atoms with Gasteiger partial charge in [0.1, 0.15) is 11.3 Å². The van der Waals surface area contributed by atoms with E-state index in [4.69, 9.17) is 15.3 Å². The minimum Gasteiger partial charge on any atom is -0.480 e. The summed E-state index contributed by atoms with van der Waals surface area (Å²) in [5.74, 6) is 1.40. The smallest absolute Gasteiger partial charge is 0.323 e. The van der Waals surface area contributed by atoms with Crippen LogP contribution in [0.3, 0.4) is 0 Å². The number of hydrogen-bond donors (Lipinski definition) is 2. The second kappa shape index (κ2) is 5.23. The molecule has 1 heterocycles. The van der Waals surface area contributed by atoms with E-state index in [1.807, 2.05) is 12.1 Å². The molecule has 1 aromatic heterocycles. The van der Waals surface area contributed by atoms with Gasteiger partial charge >= 0.3 is 5.97 Å². The van der Waals surface area contributed by atoms with Crippen LogP contribution in [0.4, 0.5) is 0 Å². The fourth-order valence-electron chi connectivity index (χ4n) is 0.959. The molecule has 0 amide bonds. The summed E-state index contributed by atoms with van der Waals surface area (Å²) in [6, 6.07) is 3.73. The van der Waals surface area contributed by atoms with Gasteiger partial charge in [-0.1, -0.05) is 0 Å². The van der Waals surface area contributed by atoms with Crippen LogP contribution in [-0.2, 0) is 10.5 Å². The molecule has 0 bridgehead atoms. The molecule has 1 unspecified atom stereocenters. The molecule has 0 saturated heterocycles. The Morgan fingerprint density at radius 3 is 3.00 bits per heavy atom. The van der Waals surface area contributed by atoms with Crippen LogP contribution in [0.25, 0.3) is 0 Å². The molecule has 1 rings (SSSR count). The maximum absolute atomic E-state index is 10.7. The van der Waals surface area contributed by atoms with Gasteiger partial charge in [0, 0.05) is 0 Å². The maximum Gasteiger partial charge on any atom is 0.323 e. The van der Waals surface area contributed by atoms with Crippen molar-refractivity contribution in [3.05, 3.63) is 24.2 Å². The molecule has 15 heavy (non-hydrogen) atoms. The Kier molecular flexibility index (Phi) is 4.23. The van der Waals surface area contributed by atoms with Crippen molar-refractivity contribution in [1.82, 2.24) is 0 Å². The molecule has 0 aliphatic heterocycles. The van der Waals surface area contributed by atoms with Crippen molar-refractivity contribution in [2.45, 2.75) is 24.6 Å². The molecule has 0 spiro atoms. The van der Waals surface area contributed by atoms with Crippen LogP contribution in [0.2, 0.25) is 0 Å². The van der Waals surface area contributed by atoms with Gasteiger partial charge in [-0.25, -0.2) is 0 Å². The van der Waals surface area contributed by atoms with Crippen LogP contribution in [-0.4, -0.2) is 22.4 Å². The zero-order valence-electron chi connectivity index (χ0n) is 8.60. The minimum absolute atomic E-state index is 0.452. The standard InChI is InChI=1S/C10H15NO3S/c1-10(11,9(12)13)4-6-15-7-8-3-2-5-14-8/h2-3,5H,4,6-7,11H2,1H3,(H,12,13). The highest BCUT2D eigenvalue weighted by atomic mass is 32.2. The third-order valence-corrected chi connectivity index (χ3v) is 3.06. The summed E-state index contributed by atoms with van der Waals surface area (Å²) >= 11 is 1.62. The lowest BCUT2D eigenvalue weighted by Gasteiger charge is -2.18. The number of aliphatic carboxylic acids is 1. The lowest BCUT2D eigenvalue weighted by Crippen LogP contribution is -2.45. The Morgan fingerprint density at radius 2 is 2.47 bits per heavy atom. The Bertz CT molecular complexity index is 308. The van der Waals surface area contributed by atoms with Gasteiger partial charge in [0.25, 0.3) is 0 Å². The normalized spacial score (nSPS) is 14.8. The molecular formula is C10H15NO3S. The van der Waals surface area contributed by atoms with E-state index >= 15 is 0 Å². The summed E-state index contributed by atoms with van der Waals surface area (Å²) in [5, 5.41) is 8.77. The summed E-state index contributed by atoms with van der Waals surface area (Å²) in [5.41, 5.74) is 4.45. The summed E-state index contributed by atoms with van der Waals surface area (Å²) in [6.45, 7) is 1.53. The summed E-state index contributed by atoms with van der Waals surface area (Å²) < 4.78 is 5.14. The van der Waals surface area contributed by atoms with Gasteiger partial charge in [0.2, 0.25) is 0 Å². The molecule has 1 atom stereocenters. The average molecular weight is 229 g/mol. The predicted molar refractivity (Wildman–Crippen MR) is 59.7 cm³/mol. The molecule has 5 heteroatoms. The summed E-state index contributed by atoms with van der Waals surface area (Å²) in [7, 11) is 0. The third kappa shape index (κ3) is 3.97. The predicted octanol–water partition coefficient (Wildman–Crippen LogP) is 1.70. The topological polar surface area (TPSA) is 76.5 Å². The van der Waals surface area contributed by atoms with E-state index in [1.165, 1.54) is 6.92 Å². The van der Waals surface area contributed by atoms with Crippen LogP contribution in [0.1, 0.15) is 19.1 Å². The number of carboxylic acid groups (broad SMARTS) is 1. The minimum atomic E-state index is -1.13. The molecule has 0 aromatic carbocycles. The molecule has 0 saturated carbocycles. The second-order valence-corrected chi connectivity index (χ2v) is 4.71. The first-order valence-corrected chi connectivity index (χ1v) is 5.80. The quantitative estimate of drug-likeness (QED) is 0.726. The number of thioether (sulfide) groups is 1. The van der Waals surface area contributed by atoms with Crippen molar-refractivity contribution in [3.63, 3.8) is 0 Å². The average Bonchev–Trinajstić information content (AvgIpc) is 2.64. The van der Waals surface area contributed by atoms with E-state index < -0.39 is 11.5 Å². The number of carboxylic acids is 1. The maximum atomic E-state index is 10.7. The molecule has 0 radical (unpaired) electrons. The van der Waals surface area contributed by atoms with Gasteiger partial charge in [-0.3, -0.25) is 4.79 Å². The Hall–Kier alpha value is -0.940. The Labute approximate surface area is 92.8 Å². The van der Waals surface area contributed by atoms with Crippen molar-refractivity contribution in [2.75, 3.05) is 5.75 Å². The Balaban J connectivity index is 2.19. The first kappa shape index (κ1) is 12.1. The number of hydrogen-bond acceptors (Lipinski definition) is 4. The molecule has 84 valence electrons. The van der Waals surface area contributed by atoms with Crippen molar-refractivity contribution < 1.29 is 14.3 Å². The summed E-state index contributed by atoms with van der Waals surface area (Å²) in [6.07, 6.45) is 2.08. The SMILES string of the molecule is CC(N)(CCSCc1ccco1)C(=O)O. The zero-order chi connectivity index (χ0) is 11.3. The van der Waals surface area contributed by atoms with E-state index in [9.17, 15) is 4.79 Å². The molecule has 3 N–H and O–H groups in total. The van der Waals surface area contributed by atoms with E-state index in [0.717, 1.165) is 11.5 Å². The lowest BCUT2D eigenvalue weighted by molar-refractivity contribution is -0.142. The van der Waals surface area contributed by atoms with E-state index in [1.54, 1.807) is 18.0 Å². The monoisotopic (exact) mass is 229 g/mol. The molecule has 0 fully saturated rings. The van der Waals surface area contributed by atoms with E-state index in [2.05, 4.69) is 0 Å². The van der Waals surface area contributed by atoms with Crippen molar-refractivity contribution >= 4 is 17.7 Å². The fraction of sp³-hybridized carbons (Fsp3) is 0.500. The van der Waals surface area contributed by atoms with Gasteiger partial charge < -0.3 is 15.3 Å². The largest absolute Gasteiger partial charge is 0.480 e. The first-order chi connectivity index (χ1) is 7.02. The number of nitrogens with two attached hydrogens (primary N) is 1. The van der Waals surface area contributed by atoms with Gasteiger partial charge in [0.15, 0.2) is 0 Å². The third-order valence-electron chi connectivity index (χ3n) is 2.08. The molecule has 0 aliphatic rings. The van der Waals surface area contributed by atoms with Gasteiger partial charge in [-0.05, 0) is 31.2 Å².